The van der Waals surface area contributed by atoms with Gasteiger partial charge in [0.25, 0.3) is 5.79 Å². The Balaban J connectivity index is 2.28. The Morgan fingerprint density at radius 3 is 2.37 bits per heavy atom. The van der Waals surface area contributed by atoms with Crippen LogP contribution in [0.15, 0.2) is 18.2 Å². The van der Waals surface area contributed by atoms with Gasteiger partial charge in [-0.15, -0.1) is 0 Å². The number of cyclic esters (lactones) is 1. The fraction of sp³-hybridized carbons (Fsp3) is 0.471. The molecular formula is C17H19F2NO7. The third-order valence-electron chi connectivity index (χ3n) is 4.18. The second kappa shape index (κ2) is 7.87. The number of hydrogen-bond donors (Lipinski definition) is 1. The van der Waals surface area contributed by atoms with Crippen molar-refractivity contribution in [2.24, 2.45) is 0 Å². The first-order chi connectivity index (χ1) is 12.6. The van der Waals surface area contributed by atoms with Crippen LogP contribution in [0.5, 0.6) is 0 Å². The molecule has 1 aromatic rings. The lowest BCUT2D eigenvalue weighted by atomic mass is 9.94. The quantitative estimate of drug-likeness (QED) is 0.621. The Labute approximate surface area is 153 Å². The number of carbonyl (C=O) groups is 3. The molecule has 1 amide bonds. The number of esters is 2. The SMILES string of the molecule is CCC(=O)OCOC(=O)N1C(C)C(=O)OC(O)(c2cc(F)cc(F)c2)C1C. The van der Waals surface area contributed by atoms with E-state index in [9.17, 15) is 28.3 Å². The molecule has 2 rings (SSSR count). The molecule has 0 aromatic heterocycles. The zero-order valence-corrected chi connectivity index (χ0v) is 14.9. The summed E-state index contributed by atoms with van der Waals surface area (Å²) >= 11 is 0. The van der Waals surface area contributed by atoms with Crippen LogP contribution >= 0.6 is 0 Å². The minimum absolute atomic E-state index is 0.0747. The number of nitrogens with zero attached hydrogens (tertiary/aromatic N) is 1. The van der Waals surface area contributed by atoms with Gasteiger partial charge >= 0.3 is 18.0 Å². The highest BCUT2D eigenvalue weighted by molar-refractivity contribution is 5.83. The number of halogens is 2. The van der Waals surface area contributed by atoms with Crippen LogP contribution in [0.25, 0.3) is 0 Å². The first kappa shape index (κ1) is 20.6. The predicted molar refractivity (Wildman–Crippen MR) is 84.8 cm³/mol. The van der Waals surface area contributed by atoms with Crippen LogP contribution in [0.2, 0.25) is 0 Å². The smallest absolute Gasteiger partial charge is 0.413 e. The number of carbonyl (C=O) groups excluding carboxylic acids is 3. The molecule has 0 bridgehead atoms. The molecule has 0 radical (unpaired) electrons. The number of rotatable bonds is 4. The first-order valence-corrected chi connectivity index (χ1v) is 8.12. The van der Waals surface area contributed by atoms with Gasteiger partial charge in [0, 0.05) is 18.1 Å². The summed E-state index contributed by atoms with van der Waals surface area (Å²) in [7, 11) is 0. The Hall–Kier alpha value is -2.75. The van der Waals surface area contributed by atoms with E-state index in [4.69, 9.17) is 9.47 Å². The molecule has 3 unspecified atom stereocenters. The van der Waals surface area contributed by atoms with Gasteiger partial charge in [-0.25, -0.2) is 18.4 Å². The third kappa shape index (κ3) is 4.16. The molecule has 27 heavy (non-hydrogen) atoms. The van der Waals surface area contributed by atoms with E-state index in [0.29, 0.717) is 6.07 Å². The van der Waals surface area contributed by atoms with Crippen LogP contribution in [0.3, 0.4) is 0 Å². The second-order valence-corrected chi connectivity index (χ2v) is 5.93. The lowest BCUT2D eigenvalue weighted by Gasteiger charge is -2.46. The Kier molecular flexibility index (Phi) is 5.99. The van der Waals surface area contributed by atoms with Gasteiger partial charge in [0.2, 0.25) is 6.79 Å². The summed E-state index contributed by atoms with van der Waals surface area (Å²) in [4.78, 5) is 36.4. The highest BCUT2D eigenvalue weighted by atomic mass is 19.1. The van der Waals surface area contributed by atoms with E-state index in [1.807, 2.05) is 0 Å². The number of aliphatic hydroxyl groups is 1. The highest BCUT2D eigenvalue weighted by Gasteiger charge is 2.53. The van der Waals surface area contributed by atoms with Crippen molar-refractivity contribution >= 4 is 18.0 Å². The molecule has 148 valence electrons. The van der Waals surface area contributed by atoms with E-state index < -0.39 is 54.3 Å². The lowest BCUT2D eigenvalue weighted by molar-refractivity contribution is -0.263. The van der Waals surface area contributed by atoms with Crippen molar-refractivity contribution in [3.05, 3.63) is 35.4 Å². The maximum absolute atomic E-state index is 13.5. The lowest BCUT2D eigenvalue weighted by Crippen LogP contribution is -2.64. The van der Waals surface area contributed by atoms with Gasteiger partial charge in [-0.2, -0.15) is 0 Å². The molecule has 1 aliphatic rings. The number of ether oxygens (including phenoxy) is 3. The molecule has 8 nitrogen and oxygen atoms in total. The van der Waals surface area contributed by atoms with Crippen molar-refractivity contribution in [1.82, 2.24) is 4.90 Å². The minimum atomic E-state index is -2.51. The molecule has 1 N–H and O–H groups in total. The standard InChI is InChI=1S/C17H19F2NO7/c1-4-14(21)25-8-26-16(23)20-9(2)15(22)27-17(24,10(20)3)11-5-12(18)7-13(19)6-11/h5-7,9-10,24H,4,8H2,1-3H3. The molecule has 0 aliphatic carbocycles. The van der Waals surface area contributed by atoms with Gasteiger partial charge in [-0.05, 0) is 26.0 Å². The average Bonchev–Trinajstić information content (AvgIpc) is 2.59. The van der Waals surface area contributed by atoms with Crippen LogP contribution in [-0.2, 0) is 29.6 Å². The summed E-state index contributed by atoms with van der Waals surface area (Å²) in [5.74, 6) is -6.12. The zero-order chi connectivity index (χ0) is 20.4. The molecular weight excluding hydrogens is 368 g/mol. The summed E-state index contributed by atoms with van der Waals surface area (Å²) < 4.78 is 41.5. The van der Waals surface area contributed by atoms with Gasteiger partial charge < -0.3 is 19.3 Å². The summed E-state index contributed by atoms with van der Waals surface area (Å²) in [5.41, 5.74) is -0.386. The molecule has 0 saturated carbocycles. The van der Waals surface area contributed by atoms with Crippen LogP contribution in [0.1, 0.15) is 32.8 Å². The molecule has 1 saturated heterocycles. The molecule has 0 spiro atoms. The summed E-state index contributed by atoms with van der Waals surface area (Å²) in [5, 5.41) is 10.8. The van der Waals surface area contributed by atoms with E-state index in [1.165, 1.54) is 13.8 Å². The minimum Gasteiger partial charge on any atom is -0.428 e. The summed E-state index contributed by atoms with van der Waals surface area (Å²) in [6.07, 6.45) is -1.00. The van der Waals surface area contributed by atoms with Crippen molar-refractivity contribution in [3.63, 3.8) is 0 Å². The van der Waals surface area contributed by atoms with Gasteiger partial charge in [-0.1, -0.05) is 6.92 Å². The Morgan fingerprint density at radius 2 is 1.81 bits per heavy atom. The van der Waals surface area contributed by atoms with E-state index in [-0.39, 0.29) is 12.0 Å². The van der Waals surface area contributed by atoms with Crippen molar-refractivity contribution in [3.8, 4) is 0 Å². The van der Waals surface area contributed by atoms with Crippen molar-refractivity contribution < 1.29 is 42.5 Å². The monoisotopic (exact) mass is 387 g/mol. The summed E-state index contributed by atoms with van der Waals surface area (Å²) in [6, 6.07) is -0.266. The van der Waals surface area contributed by atoms with Gasteiger partial charge in [0.1, 0.15) is 23.7 Å². The average molecular weight is 387 g/mol. The van der Waals surface area contributed by atoms with Gasteiger partial charge in [-0.3, -0.25) is 9.69 Å². The van der Waals surface area contributed by atoms with E-state index in [2.05, 4.69) is 4.74 Å². The zero-order valence-electron chi connectivity index (χ0n) is 14.9. The van der Waals surface area contributed by atoms with E-state index in [0.717, 1.165) is 17.0 Å². The van der Waals surface area contributed by atoms with E-state index >= 15 is 0 Å². The van der Waals surface area contributed by atoms with Crippen molar-refractivity contribution in [1.29, 1.82) is 0 Å². The topological polar surface area (TPSA) is 102 Å². The van der Waals surface area contributed by atoms with Crippen molar-refractivity contribution in [2.45, 2.75) is 45.1 Å². The second-order valence-electron chi connectivity index (χ2n) is 5.93. The number of amides is 1. The first-order valence-electron chi connectivity index (χ1n) is 8.12. The van der Waals surface area contributed by atoms with Crippen LogP contribution < -0.4 is 0 Å². The number of benzene rings is 1. The third-order valence-corrected chi connectivity index (χ3v) is 4.18. The molecule has 1 heterocycles. The molecule has 10 heteroatoms. The highest BCUT2D eigenvalue weighted by Crippen LogP contribution is 2.36. The normalized spacial score (nSPS) is 25.0. The van der Waals surface area contributed by atoms with Gasteiger partial charge in [0.05, 0.1) is 0 Å². The maximum Gasteiger partial charge on any atom is 0.413 e. The fourth-order valence-corrected chi connectivity index (χ4v) is 2.66. The summed E-state index contributed by atoms with van der Waals surface area (Å²) in [6.45, 7) is 3.49. The number of morpholine rings is 1. The van der Waals surface area contributed by atoms with E-state index in [1.54, 1.807) is 6.92 Å². The maximum atomic E-state index is 13.5. The van der Waals surface area contributed by atoms with Gasteiger partial charge in [0.15, 0.2) is 0 Å². The molecule has 1 fully saturated rings. The fourth-order valence-electron chi connectivity index (χ4n) is 2.66. The van der Waals surface area contributed by atoms with Crippen molar-refractivity contribution in [2.75, 3.05) is 6.79 Å². The largest absolute Gasteiger partial charge is 0.428 e. The Morgan fingerprint density at radius 1 is 1.22 bits per heavy atom. The van der Waals surface area contributed by atoms with Crippen LogP contribution in [-0.4, -0.2) is 46.9 Å². The molecule has 3 atom stereocenters. The Bertz CT molecular complexity index is 737. The van der Waals surface area contributed by atoms with Crippen LogP contribution in [0.4, 0.5) is 13.6 Å². The molecule has 1 aliphatic heterocycles. The number of hydrogen-bond acceptors (Lipinski definition) is 7. The predicted octanol–water partition coefficient (Wildman–Crippen LogP) is 1.79. The molecule has 1 aromatic carbocycles. The van der Waals surface area contributed by atoms with Crippen LogP contribution in [0, 0.1) is 11.6 Å².